The van der Waals surface area contributed by atoms with Gasteiger partial charge in [0.2, 0.25) is 0 Å². The molecule has 3 heteroatoms. The van der Waals surface area contributed by atoms with Gasteiger partial charge in [-0.15, -0.1) is 0 Å². The third kappa shape index (κ3) is 4.59. The zero-order valence-electron chi connectivity index (χ0n) is 12.5. The van der Waals surface area contributed by atoms with Gasteiger partial charge in [0, 0.05) is 18.6 Å². The summed E-state index contributed by atoms with van der Waals surface area (Å²) >= 11 is 0. The van der Waals surface area contributed by atoms with E-state index in [-0.39, 0.29) is 0 Å². The smallest absolute Gasteiger partial charge is 0.116 e. The minimum Gasteiger partial charge on any atom is -0.297 e. The highest BCUT2D eigenvalue weighted by atomic mass is 15.2. The number of likely N-dealkylation sites (tertiary alicyclic amines) is 1. The van der Waals surface area contributed by atoms with Gasteiger partial charge in [-0.25, -0.2) is 0 Å². The van der Waals surface area contributed by atoms with E-state index in [4.69, 9.17) is 0 Å². The molecule has 2 unspecified atom stereocenters. The Morgan fingerprint density at radius 1 is 1.44 bits per heavy atom. The molecule has 2 atom stereocenters. The quantitative estimate of drug-likeness (QED) is 0.789. The summed E-state index contributed by atoms with van der Waals surface area (Å²) < 4.78 is 0. The van der Waals surface area contributed by atoms with Gasteiger partial charge in [-0.3, -0.25) is 10.2 Å². The lowest BCUT2D eigenvalue weighted by molar-refractivity contribution is 0.112. The number of rotatable bonds is 6. The first kappa shape index (κ1) is 15.5. The predicted molar refractivity (Wildman–Crippen MR) is 76.4 cm³/mol. The van der Waals surface area contributed by atoms with Gasteiger partial charge in [0.15, 0.2) is 0 Å². The lowest BCUT2D eigenvalue weighted by Crippen LogP contribution is -2.55. The summed E-state index contributed by atoms with van der Waals surface area (Å²) in [6.07, 6.45) is 6.44. The molecular weight excluding hydrogens is 222 g/mol. The lowest BCUT2D eigenvalue weighted by atomic mass is 9.94. The second-order valence-corrected chi connectivity index (χ2v) is 6.15. The number of nitrogens with one attached hydrogen (secondary N) is 1. The van der Waals surface area contributed by atoms with Crippen LogP contribution in [0.3, 0.4) is 0 Å². The molecule has 1 aliphatic rings. The highest BCUT2D eigenvalue weighted by molar-refractivity contribution is 5.07. The fourth-order valence-corrected chi connectivity index (χ4v) is 3.08. The average molecular weight is 251 g/mol. The third-order valence-corrected chi connectivity index (χ3v) is 3.74. The zero-order chi connectivity index (χ0) is 13.6. The molecule has 18 heavy (non-hydrogen) atoms. The summed E-state index contributed by atoms with van der Waals surface area (Å²) in [7, 11) is 0. The molecule has 0 saturated carbocycles. The molecular formula is C15H29N3. The van der Waals surface area contributed by atoms with Crippen molar-refractivity contribution in [2.75, 3.05) is 13.1 Å². The molecule has 0 aromatic carbocycles. The van der Waals surface area contributed by atoms with Crippen LogP contribution in [0.25, 0.3) is 0 Å². The zero-order valence-corrected chi connectivity index (χ0v) is 12.5. The minimum atomic E-state index is -0.419. The van der Waals surface area contributed by atoms with Crippen LogP contribution in [-0.4, -0.2) is 35.6 Å². The van der Waals surface area contributed by atoms with Gasteiger partial charge in [-0.1, -0.05) is 19.8 Å². The molecule has 1 saturated heterocycles. The van der Waals surface area contributed by atoms with Crippen LogP contribution >= 0.6 is 0 Å². The van der Waals surface area contributed by atoms with Crippen molar-refractivity contribution in [1.82, 2.24) is 10.2 Å². The van der Waals surface area contributed by atoms with E-state index in [1.54, 1.807) is 0 Å². The summed E-state index contributed by atoms with van der Waals surface area (Å²) in [6, 6.07) is 3.50. The van der Waals surface area contributed by atoms with Gasteiger partial charge in [0.05, 0.1) is 6.07 Å². The van der Waals surface area contributed by atoms with Crippen molar-refractivity contribution in [3.8, 4) is 6.07 Å². The van der Waals surface area contributed by atoms with Gasteiger partial charge < -0.3 is 0 Å². The molecule has 1 fully saturated rings. The van der Waals surface area contributed by atoms with Crippen molar-refractivity contribution in [3.05, 3.63) is 0 Å². The first-order valence-electron chi connectivity index (χ1n) is 7.43. The molecule has 104 valence electrons. The van der Waals surface area contributed by atoms with Crippen LogP contribution in [0.5, 0.6) is 0 Å². The van der Waals surface area contributed by atoms with Crippen molar-refractivity contribution in [2.45, 2.75) is 77.4 Å². The summed E-state index contributed by atoms with van der Waals surface area (Å²) in [5.41, 5.74) is -0.419. The maximum Gasteiger partial charge on any atom is 0.116 e. The fourth-order valence-electron chi connectivity index (χ4n) is 3.08. The summed E-state index contributed by atoms with van der Waals surface area (Å²) in [5.74, 6) is 0. The molecule has 0 aliphatic carbocycles. The van der Waals surface area contributed by atoms with E-state index in [1.165, 1.54) is 32.1 Å². The maximum atomic E-state index is 9.44. The summed E-state index contributed by atoms with van der Waals surface area (Å²) in [4.78, 5) is 2.53. The van der Waals surface area contributed by atoms with Gasteiger partial charge in [-0.05, 0) is 46.6 Å². The van der Waals surface area contributed by atoms with E-state index in [1.807, 2.05) is 6.92 Å². The largest absolute Gasteiger partial charge is 0.297 e. The van der Waals surface area contributed by atoms with E-state index in [0.717, 1.165) is 13.1 Å². The minimum absolute atomic E-state index is 0.351. The van der Waals surface area contributed by atoms with E-state index < -0.39 is 5.54 Å². The van der Waals surface area contributed by atoms with Gasteiger partial charge in [-0.2, -0.15) is 5.26 Å². The molecule has 1 heterocycles. The monoisotopic (exact) mass is 251 g/mol. The number of nitriles is 1. The first-order valence-corrected chi connectivity index (χ1v) is 7.43. The van der Waals surface area contributed by atoms with Crippen molar-refractivity contribution >= 4 is 0 Å². The number of hydrogen-bond donors (Lipinski definition) is 1. The lowest BCUT2D eigenvalue weighted by Gasteiger charge is -2.40. The second kappa shape index (κ2) is 7.11. The molecule has 0 aromatic heterocycles. The Balaban J connectivity index is 2.63. The van der Waals surface area contributed by atoms with Crippen molar-refractivity contribution in [2.24, 2.45) is 0 Å². The standard InChI is InChI=1S/C15H29N3/c1-5-8-14-9-6-7-10-18(14)12-15(4,11-16)17-13(2)3/h13-14,17H,5-10,12H2,1-4H3. The first-order chi connectivity index (χ1) is 8.50. The topological polar surface area (TPSA) is 39.1 Å². The Hall–Kier alpha value is -0.590. The number of piperidine rings is 1. The molecule has 0 radical (unpaired) electrons. The third-order valence-electron chi connectivity index (χ3n) is 3.74. The highest BCUT2D eigenvalue weighted by Crippen LogP contribution is 2.23. The molecule has 1 rings (SSSR count). The van der Waals surface area contributed by atoms with Crippen LogP contribution in [0.2, 0.25) is 0 Å². The molecule has 0 bridgehead atoms. The highest BCUT2D eigenvalue weighted by Gasteiger charge is 2.31. The molecule has 1 aliphatic heterocycles. The van der Waals surface area contributed by atoms with E-state index >= 15 is 0 Å². The Kier molecular flexibility index (Phi) is 6.11. The average Bonchev–Trinajstić information content (AvgIpc) is 2.31. The van der Waals surface area contributed by atoms with E-state index in [2.05, 4.69) is 37.1 Å². The normalized spacial score (nSPS) is 24.8. The van der Waals surface area contributed by atoms with Crippen LogP contribution in [0.1, 0.15) is 59.8 Å². The van der Waals surface area contributed by atoms with E-state index in [0.29, 0.717) is 12.1 Å². The van der Waals surface area contributed by atoms with Gasteiger partial charge in [0.1, 0.15) is 5.54 Å². The molecule has 3 nitrogen and oxygen atoms in total. The number of nitrogens with zero attached hydrogens (tertiary/aromatic N) is 2. The van der Waals surface area contributed by atoms with Crippen molar-refractivity contribution in [1.29, 1.82) is 5.26 Å². The number of hydrogen-bond acceptors (Lipinski definition) is 3. The molecule has 1 N–H and O–H groups in total. The van der Waals surface area contributed by atoms with Crippen LogP contribution in [0.15, 0.2) is 0 Å². The Morgan fingerprint density at radius 2 is 2.17 bits per heavy atom. The summed E-state index contributed by atoms with van der Waals surface area (Å²) in [6.45, 7) is 10.5. The summed E-state index contributed by atoms with van der Waals surface area (Å²) in [5, 5.41) is 12.9. The van der Waals surface area contributed by atoms with E-state index in [9.17, 15) is 5.26 Å². The van der Waals surface area contributed by atoms with Crippen molar-refractivity contribution < 1.29 is 0 Å². The molecule has 0 aromatic rings. The van der Waals surface area contributed by atoms with Crippen LogP contribution < -0.4 is 5.32 Å². The van der Waals surface area contributed by atoms with Gasteiger partial charge in [0.25, 0.3) is 0 Å². The second-order valence-electron chi connectivity index (χ2n) is 6.15. The Bertz CT molecular complexity index is 280. The fraction of sp³-hybridized carbons (Fsp3) is 0.933. The molecule has 0 amide bonds. The molecule has 0 spiro atoms. The van der Waals surface area contributed by atoms with Crippen LogP contribution in [0, 0.1) is 11.3 Å². The SMILES string of the molecule is CCCC1CCCCN1CC(C)(C#N)NC(C)C. The van der Waals surface area contributed by atoms with Crippen LogP contribution in [-0.2, 0) is 0 Å². The Labute approximate surface area is 113 Å². The predicted octanol–water partition coefficient (Wildman–Crippen LogP) is 2.92. The van der Waals surface area contributed by atoms with Crippen LogP contribution in [0.4, 0.5) is 0 Å². The van der Waals surface area contributed by atoms with Gasteiger partial charge >= 0.3 is 0 Å². The Morgan fingerprint density at radius 3 is 2.72 bits per heavy atom. The maximum absolute atomic E-state index is 9.44. The van der Waals surface area contributed by atoms with Crippen molar-refractivity contribution in [3.63, 3.8) is 0 Å².